The molecule has 224 valence electrons. The Labute approximate surface area is 241 Å². The van der Waals surface area contributed by atoms with Crippen LogP contribution >= 0.6 is 0 Å². The Morgan fingerprint density at radius 3 is 1.24 bits per heavy atom. The Kier molecular flexibility index (Phi) is 12.6. The van der Waals surface area contributed by atoms with E-state index in [1.54, 1.807) is 12.1 Å². The van der Waals surface area contributed by atoms with Gasteiger partial charge in [0.1, 0.15) is 0 Å². The summed E-state index contributed by atoms with van der Waals surface area (Å²) in [6.07, 6.45) is 0.850. The van der Waals surface area contributed by atoms with Gasteiger partial charge in [0.2, 0.25) is 0 Å². The maximum Gasteiger partial charge on any atom is 0.519 e. The van der Waals surface area contributed by atoms with Crippen molar-refractivity contribution in [2.75, 3.05) is 42.7 Å². The quantitative estimate of drug-likeness (QED) is 0.154. The Morgan fingerprint density at radius 1 is 0.548 bits per heavy atom. The lowest BCUT2D eigenvalue weighted by molar-refractivity contribution is -0.143. The Balaban J connectivity index is 2.39. The summed E-state index contributed by atoms with van der Waals surface area (Å²) in [4.78, 5) is 60.5. The van der Waals surface area contributed by atoms with Crippen LogP contribution in [0.25, 0.3) is 12.2 Å². The number of methoxy groups -OCH3 is 6. The molecule has 0 saturated carbocycles. The molecule has 13 nitrogen and oxygen atoms in total. The average molecular weight is 587 g/mol. The van der Waals surface area contributed by atoms with Crippen LogP contribution in [-0.4, -0.2) is 72.7 Å². The van der Waals surface area contributed by atoms with Gasteiger partial charge in [-0.05, 0) is 47.5 Å². The standard InChI is InChI=1S/C29H30O13/c1-35-21-9-7-17(11-19(27(32)39-5)15-25(30)37-3)13-23(21)41-29(34)42-24-14-18(8-10-22(24)36-2)12-20(28(33)40-6)16-26(31)38-4/h7-14H,15-16H2,1-6H3/b19-11+,20-12+. The highest BCUT2D eigenvalue weighted by atomic mass is 16.7. The number of hydrogen-bond donors (Lipinski definition) is 0. The van der Waals surface area contributed by atoms with E-state index in [0.717, 1.165) is 0 Å². The van der Waals surface area contributed by atoms with Crippen molar-refractivity contribution < 1.29 is 61.9 Å². The SMILES string of the molecule is COC(=O)C/C(=C\c1ccc(OC)c(OC(=O)Oc2cc(/C=C(\CC(=O)OC)C(=O)OC)ccc2OC)c1)C(=O)OC. The molecule has 0 unspecified atom stereocenters. The molecule has 0 radical (unpaired) electrons. The molecule has 0 heterocycles. The third-order valence-electron chi connectivity index (χ3n) is 5.46. The van der Waals surface area contributed by atoms with Crippen LogP contribution in [0.4, 0.5) is 4.79 Å². The summed E-state index contributed by atoms with van der Waals surface area (Å²) in [5.74, 6) is -2.64. The van der Waals surface area contributed by atoms with Crippen molar-refractivity contribution in [2.24, 2.45) is 0 Å². The van der Waals surface area contributed by atoms with E-state index in [-0.39, 0.29) is 47.0 Å². The summed E-state index contributed by atoms with van der Waals surface area (Å²) in [6, 6.07) is 8.83. The molecule has 0 spiro atoms. The highest BCUT2D eigenvalue weighted by Crippen LogP contribution is 2.32. The molecule has 0 atom stereocenters. The van der Waals surface area contributed by atoms with Crippen LogP contribution in [0.2, 0.25) is 0 Å². The second-order valence-corrected chi connectivity index (χ2v) is 8.10. The monoisotopic (exact) mass is 586 g/mol. The number of benzene rings is 2. The molecule has 42 heavy (non-hydrogen) atoms. The Bertz CT molecular complexity index is 1280. The molecule has 2 aromatic rings. The molecular weight excluding hydrogens is 556 g/mol. The normalized spacial score (nSPS) is 11.1. The molecule has 0 aliphatic rings. The molecule has 0 aliphatic carbocycles. The van der Waals surface area contributed by atoms with Crippen molar-refractivity contribution in [1.29, 1.82) is 0 Å². The van der Waals surface area contributed by atoms with Gasteiger partial charge in [0, 0.05) is 11.1 Å². The van der Waals surface area contributed by atoms with Crippen LogP contribution in [0.5, 0.6) is 23.0 Å². The first-order valence-electron chi connectivity index (χ1n) is 12.1. The summed E-state index contributed by atoms with van der Waals surface area (Å²) in [5.41, 5.74) is 0.731. The summed E-state index contributed by atoms with van der Waals surface area (Å²) in [5, 5.41) is 0. The molecule has 0 amide bonds. The van der Waals surface area contributed by atoms with Crippen LogP contribution in [-0.2, 0) is 38.1 Å². The molecule has 0 bridgehead atoms. The van der Waals surface area contributed by atoms with Crippen LogP contribution in [0.15, 0.2) is 47.5 Å². The largest absolute Gasteiger partial charge is 0.519 e. The molecule has 2 aromatic carbocycles. The highest BCUT2D eigenvalue weighted by Gasteiger charge is 2.19. The summed E-state index contributed by atoms with van der Waals surface area (Å²) < 4.78 is 39.9. The molecular formula is C29H30O13. The van der Waals surface area contributed by atoms with Crippen LogP contribution in [0.3, 0.4) is 0 Å². The Morgan fingerprint density at radius 2 is 0.929 bits per heavy atom. The lowest BCUT2D eigenvalue weighted by atomic mass is 10.1. The number of carbonyl (C=O) groups excluding carboxylic acids is 5. The van der Waals surface area contributed by atoms with Gasteiger partial charge in [0.25, 0.3) is 0 Å². The third kappa shape index (κ3) is 9.40. The van der Waals surface area contributed by atoms with Gasteiger partial charge in [-0.2, -0.15) is 0 Å². The zero-order valence-corrected chi connectivity index (χ0v) is 23.8. The van der Waals surface area contributed by atoms with E-state index in [0.29, 0.717) is 11.1 Å². The molecule has 13 heteroatoms. The topological polar surface area (TPSA) is 159 Å². The first-order valence-corrected chi connectivity index (χ1v) is 12.1. The molecule has 0 fully saturated rings. The van der Waals surface area contributed by atoms with E-state index in [1.165, 1.54) is 79.1 Å². The van der Waals surface area contributed by atoms with E-state index < -0.39 is 30.0 Å². The van der Waals surface area contributed by atoms with E-state index in [9.17, 15) is 24.0 Å². The zero-order valence-electron chi connectivity index (χ0n) is 23.8. The van der Waals surface area contributed by atoms with Crippen LogP contribution < -0.4 is 18.9 Å². The lowest BCUT2D eigenvalue weighted by Crippen LogP contribution is -2.15. The second-order valence-electron chi connectivity index (χ2n) is 8.10. The molecule has 0 aromatic heterocycles. The Hall–Kier alpha value is -5.33. The zero-order chi connectivity index (χ0) is 31.2. The van der Waals surface area contributed by atoms with Crippen molar-refractivity contribution >= 4 is 42.2 Å². The van der Waals surface area contributed by atoms with E-state index in [1.807, 2.05) is 0 Å². The maximum absolute atomic E-state index is 12.8. The van der Waals surface area contributed by atoms with Gasteiger partial charge in [0.05, 0.1) is 55.5 Å². The van der Waals surface area contributed by atoms with Gasteiger partial charge in [-0.15, -0.1) is 0 Å². The van der Waals surface area contributed by atoms with Gasteiger partial charge in [0.15, 0.2) is 23.0 Å². The van der Waals surface area contributed by atoms with E-state index in [2.05, 4.69) is 9.47 Å². The predicted octanol–water partition coefficient (Wildman–Crippen LogP) is 3.52. The van der Waals surface area contributed by atoms with Crippen molar-refractivity contribution in [3.8, 4) is 23.0 Å². The van der Waals surface area contributed by atoms with Gasteiger partial charge in [-0.1, -0.05) is 12.1 Å². The number of ether oxygens (including phenoxy) is 8. The summed E-state index contributed by atoms with van der Waals surface area (Å²) in [7, 11) is 7.41. The van der Waals surface area contributed by atoms with Crippen molar-refractivity contribution in [2.45, 2.75) is 12.8 Å². The van der Waals surface area contributed by atoms with E-state index >= 15 is 0 Å². The minimum atomic E-state index is -1.18. The second kappa shape index (κ2) is 16.1. The fraction of sp³-hybridized carbons (Fsp3) is 0.276. The predicted molar refractivity (Wildman–Crippen MR) is 146 cm³/mol. The van der Waals surface area contributed by atoms with Crippen molar-refractivity contribution in [3.63, 3.8) is 0 Å². The fourth-order valence-electron chi connectivity index (χ4n) is 3.41. The number of carbonyl (C=O) groups is 5. The highest BCUT2D eigenvalue weighted by molar-refractivity contribution is 5.99. The molecule has 2 rings (SSSR count). The minimum absolute atomic E-state index is 0.00354. The maximum atomic E-state index is 12.8. The molecule has 0 saturated heterocycles. The lowest BCUT2D eigenvalue weighted by Gasteiger charge is -2.13. The third-order valence-corrected chi connectivity index (χ3v) is 5.46. The van der Waals surface area contributed by atoms with Crippen molar-refractivity contribution in [1.82, 2.24) is 0 Å². The first-order chi connectivity index (χ1) is 20.1. The van der Waals surface area contributed by atoms with Gasteiger partial charge >= 0.3 is 30.0 Å². The van der Waals surface area contributed by atoms with Gasteiger partial charge in [-0.3, -0.25) is 9.59 Å². The van der Waals surface area contributed by atoms with Gasteiger partial charge < -0.3 is 37.9 Å². The first kappa shape index (κ1) is 32.9. The van der Waals surface area contributed by atoms with Crippen LogP contribution in [0.1, 0.15) is 24.0 Å². The van der Waals surface area contributed by atoms with Gasteiger partial charge in [-0.25, -0.2) is 14.4 Å². The molecule has 0 N–H and O–H groups in total. The smallest absolute Gasteiger partial charge is 0.493 e. The van der Waals surface area contributed by atoms with E-state index in [4.69, 9.17) is 28.4 Å². The number of rotatable bonds is 12. The van der Waals surface area contributed by atoms with Crippen molar-refractivity contribution in [3.05, 3.63) is 58.7 Å². The number of esters is 4. The fourth-order valence-corrected chi connectivity index (χ4v) is 3.41. The number of hydrogen-bond acceptors (Lipinski definition) is 13. The molecule has 0 aliphatic heterocycles. The summed E-state index contributed by atoms with van der Waals surface area (Å²) in [6.45, 7) is 0. The van der Waals surface area contributed by atoms with Crippen LogP contribution in [0, 0.1) is 0 Å². The average Bonchev–Trinajstić information content (AvgIpc) is 2.99. The minimum Gasteiger partial charge on any atom is -0.493 e. The summed E-state index contributed by atoms with van der Waals surface area (Å²) >= 11 is 0.